The van der Waals surface area contributed by atoms with Crippen molar-refractivity contribution in [3.63, 3.8) is 0 Å². The lowest BCUT2D eigenvalue weighted by Crippen LogP contribution is -2.60. The molecule has 1 fully saturated rings. The molecule has 1 saturated heterocycles. The predicted octanol–water partition coefficient (Wildman–Crippen LogP) is -11.2. The van der Waals surface area contributed by atoms with Crippen LogP contribution in [0.5, 0.6) is 0 Å². The number of aliphatic hydroxyl groups excluding tert-OH is 1. The fourth-order valence-corrected chi connectivity index (χ4v) is 10.3. The number of carbonyl (C=O) groups is 11. The van der Waals surface area contributed by atoms with Crippen molar-refractivity contribution < 1.29 is 57.8 Å². The molecular formula is C59H116N30O12. The lowest BCUT2D eigenvalue weighted by molar-refractivity contribution is -0.142. The summed E-state index contributed by atoms with van der Waals surface area (Å²) < 4.78 is 0. The maximum absolute atomic E-state index is 14.8. The maximum atomic E-state index is 14.8. The van der Waals surface area contributed by atoms with Crippen LogP contribution in [0.2, 0.25) is 0 Å². The summed E-state index contributed by atoms with van der Waals surface area (Å²) in [5.41, 5.74) is 84.4. The van der Waals surface area contributed by atoms with Gasteiger partial charge in [-0.05, 0) is 161 Å². The highest BCUT2D eigenvalue weighted by Crippen LogP contribution is 2.20. The van der Waals surface area contributed by atoms with E-state index in [0.29, 0.717) is 32.1 Å². The normalized spacial score (nSPS) is 15.4. The Morgan fingerprint density at radius 3 is 0.871 bits per heavy atom. The highest BCUT2D eigenvalue weighted by Gasteiger charge is 2.40. The minimum absolute atomic E-state index is 0.00883. The summed E-state index contributed by atoms with van der Waals surface area (Å²) in [7, 11) is 0. The van der Waals surface area contributed by atoms with Gasteiger partial charge in [-0.25, -0.2) is 0 Å². The fraction of sp³-hybridized carbons (Fsp3) is 0.729. The molecule has 11 amide bonds. The van der Waals surface area contributed by atoms with E-state index in [0.717, 1.165) is 0 Å². The van der Waals surface area contributed by atoms with Crippen LogP contribution in [-0.2, 0) is 52.7 Å². The topological polar surface area (TPSA) is 772 Å². The number of aliphatic hydroxyl groups is 1. The van der Waals surface area contributed by atoms with Gasteiger partial charge in [0.2, 0.25) is 65.0 Å². The summed E-state index contributed by atoms with van der Waals surface area (Å²) in [5.74, 6) is -10.5. The number of likely N-dealkylation sites (tertiary alicyclic amines) is 1. The second-order valence-electron chi connectivity index (χ2n) is 24.2. The number of nitrogens with zero attached hydrogens (tertiary/aromatic N) is 6. The Balaban J connectivity index is 3.91. The number of amides is 11. The Bertz CT molecular complexity index is 2770. The van der Waals surface area contributed by atoms with Crippen LogP contribution in [0.4, 0.5) is 0 Å². The summed E-state index contributed by atoms with van der Waals surface area (Å²) in [6.45, 7) is 1.53. The van der Waals surface area contributed by atoms with E-state index >= 15 is 0 Å². The molecule has 0 bridgehead atoms. The lowest BCUT2D eigenvalue weighted by Gasteiger charge is -2.30. The van der Waals surface area contributed by atoms with Gasteiger partial charge in [0.1, 0.15) is 60.4 Å². The van der Waals surface area contributed by atoms with Gasteiger partial charge >= 0.3 is 0 Å². The predicted molar refractivity (Wildman–Crippen MR) is 380 cm³/mol. The quantitative estimate of drug-likeness (QED) is 0.0153. The van der Waals surface area contributed by atoms with Crippen LogP contribution in [-0.4, -0.2) is 237 Å². The highest BCUT2D eigenvalue weighted by molar-refractivity contribution is 5.99. The molecule has 1 aliphatic rings. The van der Waals surface area contributed by atoms with E-state index in [4.69, 9.17) is 86.0 Å². The third-order valence-electron chi connectivity index (χ3n) is 15.7. The average molecular weight is 1440 g/mol. The van der Waals surface area contributed by atoms with Gasteiger partial charge < -0.3 is 144 Å². The Hall–Kier alpha value is -9.68. The van der Waals surface area contributed by atoms with E-state index < -0.39 is 138 Å². The Morgan fingerprint density at radius 2 is 0.634 bits per heavy atom. The van der Waals surface area contributed by atoms with E-state index in [2.05, 4.69) is 72.8 Å². The summed E-state index contributed by atoms with van der Waals surface area (Å²) in [6.07, 6.45) is 1.26. The first-order chi connectivity index (χ1) is 47.9. The minimum atomic E-state index is -1.52. The van der Waals surface area contributed by atoms with Crippen molar-refractivity contribution in [2.24, 2.45) is 111 Å². The van der Waals surface area contributed by atoms with Crippen LogP contribution in [0.1, 0.15) is 142 Å². The monoisotopic (exact) mass is 1440 g/mol. The molecule has 42 nitrogen and oxygen atoms in total. The zero-order chi connectivity index (χ0) is 76.0. The van der Waals surface area contributed by atoms with Gasteiger partial charge in [0, 0.05) is 39.3 Å². The smallest absolute Gasteiger partial charge is 0.243 e. The summed E-state index contributed by atoms with van der Waals surface area (Å²) in [5, 5.41) is 33.9. The Kier molecular flexibility index (Phi) is 44.8. The van der Waals surface area contributed by atoms with Crippen LogP contribution in [0.15, 0.2) is 25.0 Å². The number of primary amides is 1. The van der Waals surface area contributed by atoms with Crippen molar-refractivity contribution >= 4 is 94.8 Å². The number of guanidine groups is 5. The number of nitrogens with one attached hydrogen (secondary N) is 9. The number of aliphatic imine (C=N–C) groups is 5. The molecule has 0 aromatic heterocycles. The van der Waals surface area contributed by atoms with Crippen LogP contribution >= 0.6 is 0 Å². The number of hydrogen-bond donors (Lipinski definition) is 25. The van der Waals surface area contributed by atoms with Gasteiger partial charge in [-0.1, -0.05) is 0 Å². The first-order valence-electron chi connectivity index (χ1n) is 34.0. The van der Waals surface area contributed by atoms with Crippen LogP contribution in [0, 0.1) is 0 Å². The maximum Gasteiger partial charge on any atom is 0.243 e. The molecule has 0 aliphatic carbocycles. The van der Waals surface area contributed by atoms with Crippen LogP contribution in [0.25, 0.3) is 0 Å². The van der Waals surface area contributed by atoms with Gasteiger partial charge in [-0.15, -0.1) is 0 Å². The van der Waals surface area contributed by atoms with Crippen molar-refractivity contribution in [1.29, 1.82) is 0 Å². The summed E-state index contributed by atoms with van der Waals surface area (Å²) in [6, 6.07) is -13.6. The largest absolute Gasteiger partial charge is 0.391 e. The second kappa shape index (κ2) is 50.6. The van der Waals surface area contributed by atoms with E-state index in [1.54, 1.807) is 0 Å². The van der Waals surface area contributed by atoms with E-state index in [9.17, 15) is 57.8 Å². The molecule has 40 N–H and O–H groups in total. The summed E-state index contributed by atoms with van der Waals surface area (Å²) in [4.78, 5) is 175. The molecule has 0 aromatic rings. The molecule has 1 rings (SSSR count). The Morgan fingerprint density at radius 1 is 0.386 bits per heavy atom. The number of nitrogens with two attached hydrogens (primary N) is 15. The number of rotatable bonds is 53. The van der Waals surface area contributed by atoms with E-state index in [1.165, 1.54) is 11.8 Å². The van der Waals surface area contributed by atoms with Crippen LogP contribution in [0.3, 0.4) is 0 Å². The molecule has 0 saturated carbocycles. The van der Waals surface area contributed by atoms with Gasteiger partial charge in [0.25, 0.3) is 0 Å². The molecular weight excluding hydrogens is 1320 g/mol. The Labute approximate surface area is 588 Å². The van der Waals surface area contributed by atoms with Gasteiger partial charge in [0.05, 0.1) is 12.6 Å². The molecule has 0 unspecified atom stereocenters. The van der Waals surface area contributed by atoms with Crippen molar-refractivity contribution in [2.45, 2.75) is 208 Å². The second-order valence-corrected chi connectivity index (χ2v) is 24.2. The molecule has 0 spiro atoms. The van der Waals surface area contributed by atoms with Gasteiger partial charge in [0.15, 0.2) is 29.8 Å². The first kappa shape index (κ1) is 89.3. The molecule has 11 atom stereocenters. The van der Waals surface area contributed by atoms with Gasteiger partial charge in [-0.3, -0.25) is 77.7 Å². The zero-order valence-electron chi connectivity index (χ0n) is 58.1. The van der Waals surface area contributed by atoms with E-state index in [-0.39, 0.29) is 191 Å². The molecule has 42 heteroatoms. The number of unbranched alkanes of at least 4 members (excludes halogenated alkanes) is 3. The average Bonchev–Trinajstić information content (AvgIpc) is 1.76. The molecule has 1 heterocycles. The SMILES string of the molecule is C[C@@H](O)[C@H](N)C(=O)N1CCC[C@H]1C(=O)N[C@@H](CCCN=C(N)N)C(=O)N[C@@H](CCCCN)C(=O)N[C@@H](CCCN=C(N)N)C(=O)N[C@@H](CCCN=C(N)N)C(=O)N[C@@H](CCCN=C(N)N)C(=O)N[C@@H](CCCCN)C(=O)N[C@@H](CCCCN)C(=O)N[C@@H](CCCN=C(N)N)C(=O)NCC(N)=O. The molecule has 574 valence electrons. The number of carbonyl (C=O) groups excluding carboxylic acids is 11. The first-order valence-corrected chi connectivity index (χ1v) is 34.0. The molecule has 1 aliphatic heterocycles. The van der Waals surface area contributed by atoms with Crippen molar-refractivity contribution in [3.8, 4) is 0 Å². The van der Waals surface area contributed by atoms with Crippen molar-refractivity contribution in [3.05, 3.63) is 0 Å². The third kappa shape index (κ3) is 38.5. The van der Waals surface area contributed by atoms with Crippen molar-refractivity contribution in [2.75, 3.05) is 65.4 Å². The van der Waals surface area contributed by atoms with E-state index in [1.807, 2.05) is 0 Å². The molecule has 0 radical (unpaired) electrons. The van der Waals surface area contributed by atoms with Gasteiger partial charge in [-0.2, -0.15) is 0 Å². The van der Waals surface area contributed by atoms with Crippen molar-refractivity contribution in [1.82, 2.24) is 52.8 Å². The molecule has 0 aromatic carbocycles. The summed E-state index contributed by atoms with van der Waals surface area (Å²) >= 11 is 0. The zero-order valence-corrected chi connectivity index (χ0v) is 58.1. The van der Waals surface area contributed by atoms with Crippen LogP contribution < -0.4 is 134 Å². The lowest BCUT2D eigenvalue weighted by atomic mass is 10.0. The third-order valence-corrected chi connectivity index (χ3v) is 15.7. The fourth-order valence-electron chi connectivity index (χ4n) is 10.3. The standard InChI is InChI=1S/C59H116N30O12/c1-33(90)44(64)54(101)89-31-13-22-42(89)53(100)88-41(21-12-30-79-59(73)74)52(99)84-37(16-4-7-25-62)48(95)85-39(19-10-28-77-57(69)70)50(97)87-40(20-11-29-78-58(71)72)51(98)86-38(18-9-27-76-56(67)68)49(96)83-36(15-3-6-24-61)47(94)82-35(14-2-5-23-60)46(93)81-34(17-8-26-75-55(65)66)45(92)80-32-43(63)91/h33-42,44,90H,2-32,60-62,64H2,1H3,(H2,63,91)(H,80,92)(H,81,93)(H,82,94)(H,83,96)(H,84,99)(H,85,95)(H,86,98)(H,87,97)(H,88,100)(H4,65,66,75)(H4,67,68,76)(H4,69,70,77)(H4,71,72,78)(H4,73,74,79)/t33-,34+,35+,36+,37+,38+,39+,40+,41+,42+,44+/m1/s1. The number of hydrogen-bond acceptors (Lipinski definition) is 21. The highest BCUT2D eigenvalue weighted by atomic mass is 16.3. The minimum Gasteiger partial charge on any atom is -0.391 e. The molecule has 101 heavy (non-hydrogen) atoms.